The van der Waals surface area contributed by atoms with E-state index in [2.05, 4.69) is 42.6 Å². The average Bonchev–Trinajstić information content (AvgIpc) is 2.46. The van der Waals surface area contributed by atoms with Crippen LogP contribution in [0.1, 0.15) is 45.4 Å². The third kappa shape index (κ3) is 4.55. The molecule has 19 heavy (non-hydrogen) atoms. The van der Waals surface area contributed by atoms with E-state index in [1.807, 2.05) is 6.08 Å². The minimum absolute atomic E-state index is 0.499. The lowest BCUT2D eigenvalue weighted by atomic mass is 9.93. The second kappa shape index (κ2) is 8.52. The Labute approximate surface area is 117 Å². The fourth-order valence-corrected chi connectivity index (χ4v) is 2.53. The van der Waals surface area contributed by atoms with E-state index < -0.39 is 0 Å². The molecule has 0 aromatic carbocycles. The fraction of sp³-hybridized carbons (Fsp3) is 0.471. The molecule has 0 N–H and O–H groups in total. The molecule has 0 radical (unpaired) electrons. The van der Waals surface area contributed by atoms with Crippen LogP contribution in [0.2, 0.25) is 0 Å². The fourth-order valence-electron chi connectivity index (χ4n) is 2.53. The number of hydrogen-bond acceptors (Lipinski definition) is 2. The molecule has 1 aliphatic rings. The molecule has 1 fully saturated rings. The first-order chi connectivity index (χ1) is 9.24. The van der Waals surface area contributed by atoms with Crippen molar-refractivity contribution in [2.45, 2.75) is 51.5 Å². The maximum absolute atomic E-state index is 4.51. The van der Waals surface area contributed by atoms with Crippen LogP contribution in [0.3, 0.4) is 0 Å². The van der Waals surface area contributed by atoms with E-state index in [0.29, 0.717) is 6.04 Å². The summed E-state index contributed by atoms with van der Waals surface area (Å²) in [6.45, 7) is 13.8. The van der Waals surface area contributed by atoms with E-state index in [1.165, 1.54) is 32.1 Å². The molecule has 1 rings (SSSR count). The maximum atomic E-state index is 4.51. The van der Waals surface area contributed by atoms with Crippen molar-refractivity contribution < 1.29 is 0 Å². The summed E-state index contributed by atoms with van der Waals surface area (Å²) < 4.78 is 0. The van der Waals surface area contributed by atoms with Crippen molar-refractivity contribution in [3.63, 3.8) is 0 Å². The van der Waals surface area contributed by atoms with Crippen LogP contribution in [0.5, 0.6) is 0 Å². The van der Waals surface area contributed by atoms with Gasteiger partial charge in [0.25, 0.3) is 0 Å². The monoisotopic (exact) mass is 258 g/mol. The van der Waals surface area contributed by atoms with Gasteiger partial charge < -0.3 is 4.90 Å². The summed E-state index contributed by atoms with van der Waals surface area (Å²) >= 11 is 0. The zero-order valence-corrected chi connectivity index (χ0v) is 12.1. The molecule has 1 aliphatic carbocycles. The lowest BCUT2D eigenvalue weighted by Gasteiger charge is -2.36. The highest BCUT2D eigenvalue weighted by Gasteiger charge is 2.23. The minimum atomic E-state index is 0.499. The molecular formula is C17H26N2. The highest BCUT2D eigenvalue weighted by Crippen LogP contribution is 2.29. The number of aliphatic imine (C=N–C) groups is 1. The molecule has 104 valence electrons. The van der Waals surface area contributed by atoms with Crippen LogP contribution in [0.15, 0.2) is 54.5 Å². The van der Waals surface area contributed by atoms with Gasteiger partial charge in [-0.05, 0) is 31.4 Å². The van der Waals surface area contributed by atoms with Gasteiger partial charge in [0, 0.05) is 18.0 Å². The molecule has 0 aromatic rings. The van der Waals surface area contributed by atoms with Gasteiger partial charge in [0.05, 0.1) is 0 Å². The Balaban J connectivity index is 3.01. The lowest BCUT2D eigenvalue weighted by Crippen LogP contribution is -2.34. The summed E-state index contributed by atoms with van der Waals surface area (Å²) in [6, 6.07) is 0.499. The van der Waals surface area contributed by atoms with E-state index in [1.54, 1.807) is 12.3 Å². The van der Waals surface area contributed by atoms with Crippen molar-refractivity contribution in [3.05, 3.63) is 49.5 Å². The van der Waals surface area contributed by atoms with Crippen LogP contribution in [-0.4, -0.2) is 17.2 Å². The first-order valence-corrected chi connectivity index (χ1v) is 7.20. The minimum Gasteiger partial charge on any atom is -0.324 e. The molecule has 0 aliphatic heterocycles. The van der Waals surface area contributed by atoms with Gasteiger partial charge in [0.2, 0.25) is 0 Å². The van der Waals surface area contributed by atoms with Crippen LogP contribution in [-0.2, 0) is 0 Å². The van der Waals surface area contributed by atoms with Gasteiger partial charge in [-0.15, -0.1) is 0 Å². The molecule has 1 saturated carbocycles. The summed E-state index contributed by atoms with van der Waals surface area (Å²) in [5.41, 5.74) is 0.938. The smallest absolute Gasteiger partial charge is 0.129 e. The summed E-state index contributed by atoms with van der Waals surface area (Å²) in [7, 11) is 0. The summed E-state index contributed by atoms with van der Waals surface area (Å²) in [6.07, 6.45) is 14.7. The predicted molar refractivity (Wildman–Crippen MR) is 85.1 cm³/mol. The Kier molecular flexibility index (Phi) is 6.94. The van der Waals surface area contributed by atoms with Gasteiger partial charge in [0.15, 0.2) is 0 Å². The molecular weight excluding hydrogens is 232 g/mol. The molecule has 0 bridgehead atoms. The second-order valence-corrected chi connectivity index (χ2v) is 4.84. The summed E-state index contributed by atoms with van der Waals surface area (Å²) in [5.74, 6) is 0.971. The van der Waals surface area contributed by atoms with Crippen LogP contribution >= 0.6 is 0 Å². The van der Waals surface area contributed by atoms with Crippen molar-refractivity contribution in [2.24, 2.45) is 4.99 Å². The van der Waals surface area contributed by atoms with Gasteiger partial charge in [-0.3, -0.25) is 0 Å². The lowest BCUT2D eigenvalue weighted by molar-refractivity contribution is 0.247. The Bertz CT molecular complexity index is 371. The van der Waals surface area contributed by atoms with Gasteiger partial charge in [-0.25, -0.2) is 4.99 Å². The molecule has 0 spiro atoms. The normalized spacial score (nSPS) is 17.4. The van der Waals surface area contributed by atoms with Crippen molar-refractivity contribution in [1.82, 2.24) is 4.90 Å². The van der Waals surface area contributed by atoms with Crippen LogP contribution in [0, 0.1) is 0 Å². The first-order valence-electron chi connectivity index (χ1n) is 7.20. The highest BCUT2D eigenvalue weighted by molar-refractivity contribution is 5.71. The Morgan fingerprint density at radius 3 is 2.47 bits per heavy atom. The Morgan fingerprint density at radius 2 is 1.95 bits per heavy atom. The molecule has 2 heteroatoms. The predicted octanol–water partition coefficient (Wildman–Crippen LogP) is 4.83. The van der Waals surface area contributed by atoms with Crippen molar-refractivity contribution in [1.29, 1.82) is 0 Å². The molecule has 0 atom stereocenters. The van der Waals surface area contributed by atoms with Crippen LogP contribution < -0.4 is 0 Å². The van der Waals surface area contributed by atoms with E-state index in [9.17, 15) is 0 Å². The van der Waals surface area contributed by atoms with Crippen molar-refractivity contribution >= 4 is 6.21 Å². The zero-order valence-electron chi connectivity index (χ0n) is 12.1. The summed E-state index contributed by atoms with van der Waals surface area (Å²) in [4.78, 5) is 6.76. The van der Waals surface area contributed by atoms with Crippen LogP contribution in [0.25, 0.3) is 0 Å². The number of hydrogen-bond donors (Lipinski definition) is 0. The van der Waals surface area contributed by atoms with Gasteiger partial charge in [-0.1, -0.05) is 52.0 Å². The average molecular weight is 258 g/mol. The summed E-state index contributed by atoms with van der Waals surface area (Å²) in [5, 5.41) is 0. The van der Waals surface area contributed by atoms with Gasteiger partial charge in [-0.2, -0.15) is 0 Å². The van der Waals surface area contributed by atoms with Gasteiger partial charge >= 0.3 is 0 Å². The molecule has 2 nitrogen and oxygen atoms in total. The number of allylic oxidation sites excluding steroid dienone is 3. The SMILES string of the molecule is C=CC=N/C(=C\CC)N(C(=C)C=C)C1CCCCC1. The zero-order chi connectivity index (χ0) is 14.1. The molecule has 0 heterocycles. The van der Waals surface area contributed by atoms with Crippen molar-refractivity contribution in [3.8, 4) is 0 Å². The largest absolute Gasteiger partial charge is 0.324 e. The van der Waals surface area contributed by atoms with E-state index in [4.69, 9.17) is 0 Å². The Hall–Kier alpha value is -1.57. The second-order valence-electron chi connectivity index (χ2n) is 4.84. The molecule has 0 amide bonds. The number of nitrogens with zero attached hydrogens (tertiary/aromatic N) is 2. The highest BCUT2D eigenvalue weighted by atomic mass is 15.2. The van der Waals surface area contributed by atoms with Crippen molar-refractivity contribution in [2.75, 3.05) is 0 Å². The number of rotatable bonds is 7. The van der Waals surface area contributed by atoms with E-state index in [0.717, 1.165) is 17.9 Å². The maximum Gasteiger partial charge on any atom is 0.129 e. The third-order valence-corrected chi connectivity index (χ3v) is 3.43. The van der Waals surface area contributed by atoms with E-state index >= 15 is 0 Å². The van der Waals surface area contributed by atoms with E-state index in [-0.39, 0.29) is 0 Å². The standard InChI is InChI=1S/C17H26N2/c1-5-11-17(18-14-6-2)19(15(4)7-3)16-12-9-8-10-13-16/h6-7,11,14,16H,2-5,8-10,12-13H2,1H3/b17-11+,18-14?. The first kappa shape index (κ1) is 15.5. The molecule has 0 aromatic heterocycles. The third-order valence-electron chi connectivity index (χ3n) is 3.43. The van der Waals surface area contributed by atoms with Crippen LogP contribution in [0.4, 0.5) is 0 Å². The Morgan fingerprint density at radius 1 is 1.26 bits per heavy atom. The quantitative estimate of drug-likeness (QED) is 0.472. The molecule has 0 unspecified atom stereocenters. The topological polar surface area (TPSA) is 15.6 Å². The molecule has 0 saturated heterocycles. The van der Waals surface area contributed by atoms with Gasteiger partial charge in [0.1, 0.15) is 5.82 Å².